The highest BCUT2D eigenvalue weighted by molar-refractivity contribution is 6.03. The highest BCUT2D eigenvalue weighted by Crippen LogP contribution is 2.51. The van der Waals surface area contributed by atoms with E-state index in [1.54, 1.807) is 18.2 Å². The van der Waals surface area contributed by atoms with Crippen LogP contribution in [0.4, 0.5) is 10.2 Å². The predicted molar refractivity (Wildman–Crippen MR) is 156 cm³/mol. The van der Waals surface area contributed by atoms with Crippen LogP contribution < -0.4 is 10.5 Å². The van der Waals surface area contributed by atoms with Gasteiger partial charge in [-0.05, 0) is 61.7 Å². The number of hydrogen-bond donors (Lipinski definition) is 1. The Morgan fingerprint density at radius 3 is 2.61 bits per heavy atom. The summed E-state index contributed by atoms with van der Waals surface area (Å²) in [7, 11) is 5.88. The third-order valence-corrected chi connectivity index (χ3v) is 7.77. The molecule has 0 bridgehead atoms. The molecule has 0 radical (unpaired) electrons. The first-order chi connectivity index (χ1) is 19.8. The summed E-state index contributed by atoms with van der Waals surface area (Å²) in [5.41, 5.74) is 9.60. The second-order valence-electron chi connectivity index (χ2n) is 10.9. The molecule has 41 heavy (non-hydrogen) atoms. The molecule has 1 aliphatic carbocycles. The Hall–Kier alpha value is -4.68. The number of amides is 1. The Balaban J connectivity index is 1.25. The van der Waals surface area contributed by atoms with Crippen LogP contribution in [0.25, 0.3) is 22.2 Å². The van der Waals surface area contributed by atoms with Gasteiger partial charge >= 0.3 is 0 Å². The number of piperidine rings is 1. The smallest absolute Gasteiger partial charge is 0.246 e. The summed E-state index contributed by atoms with van der Waals surface area (Å²) in [5.74, 6) is 9.07. The molecule has 9 heteroatoms. The van der Waals surface area contributed by atoms with E-state index < -0.39 is 0 Å². The van der Waals surface area contributed by atoms with Gasteiger partial charge in [-0.25, -0.2) is 14.4 Å². The van der Waals surface area contributed by atoms with Gasteiger partial charge in [0, 0.05) is 50.3 Å². The van der Waals surface area contributed by atoms with E-state index in [1.807, 2.05) is 65.9 Å². The molecule has 8 nitrogen and oxygen atoms in total. The summed E-state index contributed by atoms with van der Waals surface area (Å²) in [6, 6.07) is 13.6. The molecule has 6 rings (SSSR count). The lowest BCUT2D eigenvalue weighted by Crippen LogP contribution is -2.30. The number of ether oxygens (including phenoxy) is 1. The normalized spacial score (nSPS) is 19.4. The van der Waals surface area contributed by atoms with Crippen LogP contribution in [-0.2, 0) is 11.8 Å². The van der Waals surface area contributed by atoms with Crippen molar-refractivity contribution in [1.82, 2.24) is 24.3 Å². The average molecular weight is 551 g/mol. The summed E-state index contributed by atoms with van der Waals surface area (Å²) in [6.07, 6.45) is 5.03. The summed E-state index contributed by atoms with van der Waals surface area (Å²) in [5, 5.41) is 0.746. The fourth-order valence-corrected chi connectivity index (χ4v) is 5.60. The number of halogens is 1. The molecule has 2 fully saturated rings. The van der Waals surface area contributed by atoms with E-state index >= 15 is 0 Å². The molecule has 1 aliphatic heterocycles. The van der Waals surface area contributed by atoms with Crippen LogP contribution in [0.15, 0.2) is 67.0 Å². The Morgan fingerprint density at radius 2 is 1.90 bits per heavy atom. The van der Waals surface area contributed by atoms with Gasteiger partial charge in [0.25, 0.3) is 0 Å². The molecule has 2 aliphatic rings. The van der Waals surface area contributed by atoms with Crippen molar-refractivity contribution in [3.63, 3.8) is 0 Å². The van der Waals surface area contributed by atoms with E-state index in [2.05, 4.69) is 21.8 Å². The number of carbonyl (C=O) groups excluding carboxylic acids is 1. The van der Waals surface area contributed by atoms with Gasteiger partial charge in [-0.1, -0.05) is 30.2 Å². The SMILES string of the molecule is CN(C)C/C=C/C(=O)N1C[C@@H]2[C@@H](C#Cc3c(-c4ccc(Oc5cccc(F)c5)cc4)c4c(N)ncnc4n3C)[C@@H]2C1. The van der Waals surface area contributed by atoms with E-state index in [-0.39, 0.29) is 17.6 Å². The quantitative estimate of drug-likeness (QED) is 0.284. The van der Waals surface area contributed by atoms with Gasteiger partial charge in [-0.2, -0.15) is 0 Å². The highest BCUT2D eigenvalue weighted by atomic mass is 19.1. The van der Waals surface area contributed by atoms with E-state index in [4.69, 9.17) is 10.5 Å². The van der Waals surface area contributed by atoms with Crippen LogP contribution in [0.1, 0.15) is 5.69 Å². The van der Waals surface area contributed by atoms with Gasteiger partial charge < -0.3 is 24.8 Å². The number of anilines is 1. The van der Waals surface area contributed by atoms with Crippen molar-refractivity contribution in [2.75, 3.05) is 39.5 Å². The van der Waals surface area contributed by atoms with Gasteiger partial charge in [0.05, 0.1) is 5.39 Å². The number of benzene rings is 2. The maximum Gasteiger partial charge on any atom is 0.246 e. The highest BCUT2D eigenvalue weighted by Gasteiger charge is 2.55. The van der Waals surface area contributed by atoms with Crippen LogP contribution in [0.3, 0.4) is 0 Å². The second kappa shape index (κ2) is 10.7. The Labute approximate surface area is 238 Å². The van der Waals surface area contributed by atoms with Crippen LogP contribution in [0.2, 0.25) is 0 Å². The summed E-state index contributed by atoms with van der Waals surface area (Å²) in [6.45, 7) is 2.22. The summed E-state index contributed by atoms with van der Waals surface area (Å²) in [4.78, 5) is 25.2. The minimum Gasteiger partial charge on any atom is -0.457 e. The molecule has 1 saturated heterocycles. The van der Waals surface area contributed by atoms with E-state index in [1.165, 1.54) is 18.5 Å². The number of likely N-dealkylation sites (N-methyl/N-ethyl adjacent to an activating group) is 1. The van der Waals surface area contributed by atoms with Gasteiger partial charge in [0.2, 0.25) is 5.91 Å². The minimum absolute atomic E-state index is 0.0700. The lowest BCUT2D eigenvalue weighted by molar-refractivity contribution is -0.125. The largest absolute Gasteiger partial charge is 0.457 e. The number of likely N-dealkylation sites (tertiary alicyclic amines) is 1. The number of aryl methyl sites for hydroxylation is 1. The Kier molecular flexibility index (Phi) is 6.93. The second-order valence-corrected chi connectivity index (χ2v) is 10.9. The van der Waals surface area contributed by atoms with E-state index in [9.17, 15) is 9.18 Å². The summed E-state index contributed by atoms with van der Waals surface area (Å²) >= 11 is 0. The number of aromatic nitrogens is 3. The fourth-order valence-electron chi connectivity index (χ4n) is 5.60. The lowest BCUT2D eigenvalue weighted by Gasteiger charge is -2.16. The minimum atomic E-state index is -0.357. The zero-order valence-electron chi connectivity index (χ0n) is 23.2. The van der Waals surface area contributed by atoms with E-state index in [0.29, 0.717) is 34.8 Å². The standard InChI is InChI=1S/C32H31FN6O2/c1-37(2)15-5-8-28(40)39-17-25-24(26(25)18-39)13-14-27-29(30-31(34)35-19-36-32(30)38(27)3)20-9-11-22(12-10-20)41-23-7-4-6-21(33)16-23/h4-12,16,19,24-26H,15,17-18H2,1-3H3,(H2,34,35,36)/b8-5+/t24-,25-,26+. The van der Waals surface area contributed by atoms with Crippen molar-refractivity contribution in [2.45, 2.75) is 0 Å². The number of nitrogens with zero attached hydrogens (tertiary/aromatic N) is 5. The average Bonchev–Trinajstić information content (AvgIpc) is 3.24. The molecule has 3 heterocycles. The molecule has 0 spiro atoms. The van der Waals surface area contributed by atoms with Crippen molar-refractivity contribution >= 4 is 22.8 Å². The molecule has 2 N–H and O–H groups in total. The van der Waals surface area contributed by atoms with Crippen molar-refractivity contribution < 1.29 is 13.9 Å². The van der Waals surface area contributed by atoms with Crippen molar-refractivity contribution in [1.29, 1.82) is 0 Å². The van der Waals surface area contributed by atoms with Crippen molar-refractivity contribution in [2.24, 2.45) is 24.8 Å². The van der Waals surface area contributed by atoms with Gasteiger partial charge in [-0.3, -0.25) is 4.79 Å². The molecule has 0 unspecified atom stereocenters. The number of carbonyl (C=O) groups is 1. The predicted octanol–water partition coefficient (Wildman–Crippen LogP) is 4.32. The monoisotopic (exact) mass is 550 g/mol. The molecule has 2 aromatic heterocycles. The first-order valence-electron chi connectivity index (χ1n) is 13.5. The number of fused-ring (bicyclic) bond motifs is 2. The maximum absolute atomic E-state index is 13.6. The first-order valence-corrected chi connectivity index (χ1v) is 13.5. The molecule has 1 amide bonds. The van der Waals surface area contributed by atoms with Crippen molar-refractivity contribution in [3.8, 4) is 34.5 Å². The van der Waals surface area contributed by atoms with E-state index in [0.717, 1.165) is 41.8 Å². The van der Waals surface area contributed by atoms with Crippen molar-refractivity contribution in [3.05, 3.63) is 78.5 Å². The van der Waals surface area contributed by atoms with Crippen LogP contribution in [0, 0.1) is 35.4 Å². The number of nitrogen functional groups attached to an aromatic ring is 1. The molecule has 208 valence electrons. The van der Waals surface area contributed by atoms with Gasteiger partial charge in [0.1, 0.15) is 40.8 Å². The van der Waals surface area contributed by atoms with Crippen LogP contribution >= 0.6 is 0 Å². The molecular weight excluding hydrogens is 519 g/mol. The van der Waals surface area contributed by atoms with Crippen LogP contribution in [-0.4, -0.2) is 64.0 Å². The Morgan fingerprint density at radius 1 is 1.15 bits per heavy atom. The zero-order valence-corrected chi connectivity index (χ0v) is 23.2. The third kappa shape index (κ3) is 5.26. The topological polar surface area (TPSA) is 89.5 Å². The number of rotatable bonds is 6. The van der Waals surface area contributed by atoms with Gasteiger partial charge in [0.15, 0.2) is 0 Å². The molecular formula is C32H31FN6O2. The fraction of sp³-hybridized carbons (Fsp3) is 0.281. The number of nitrogens with two attached hydrogens (primary N) is 1. The molecule has 4 aromatic rings. The van der Waals surface area contributed by atoms with Crippen LogP contribution in [0.5, 0.6) is 11.5 Å². The molecule has 1 saturated carbocycles. The maximum atomic E-state index is 13.6. The van der Waals surface area contributed by atoms with Gasteiger partial charge in [-0.15, -0.1) is 0 Å². The first kappa shape index (κ1) is 26.5. The lowest BCUT2D eigenvalue weighted by atomic mass is 10.0. The third-order valence-electron chi connectivity index (χ3n) is 7.77. The molecule has 3 atom stereocenters. The molecule has 2 aromatic carbocycles. The Bertz CT molecular complexity index is 1700. The summed E-state index contributed by atoms with van der Waals surface area (Å²) < 4.78 is 21.4. The zero-order chi connectivity index (χ0) is 28.7. The number of hydrogen-bond acceptors (Lipinski definition) is 6.